The Hall–Kier alpha value is -0.790. The zero-order valence-electron chi connectivity index (χ0n) is 8.60. The fraction of sp³-hybridized carbons (Fsp3) is 0.889. The fourth-order valence-corrected chi connectivity index (χ4v) is 1.68. The van der Waals surface area contributed by atoms with Crippen LogP contribution in [-0.4, -0.2) is 62.5 Å². The number of ether oxygens (including phenoxy) is 3. The number of carbonyl (C=O) groups excluding carboxylic acids is 1. The molecule has 7 heteroatoms. The van der Waals surface area contributed by atoms with Crippen LogP contribution in [0, 0.1) is 0 Å². The van der Waals surface area contributed by atoms with E-state index < -0.39 is 18.8 Å². The first-order valence-corrected chi connectivity index (χ1v) is 5.08. The van der Waals surface area contributed by atoms with E-state index in [1.54, 1.807) is 0 Å². The molecule has 92 valence electrons. The number of alkyl halides is 2. The lowest BCUT2D eigenvalue weighted by atomic mass is 10.1. The van der Waals surface area contributed by atoms with Crippen LogP contribution in [-0.2, 0) is 19.0 Å². The highest BCUT2D eigenvalue weighted by Gasteiger charge is 2.37. The van der Waals surface area contributed by atoms with Crippen molar-refractivity contribution in [3.63, 3.8) is 0 Å². The van der Waals surface area contributed by atoms with E-state index in [0.717, 1.165) is 0 Å². The van der Waals surface area contributed by atoms with Gasteiger partial charge in [-0.1, -0.05) is 0 Å². The van der Waals surface area contributed by atoms with E-state index in [1.165, 1.54) is 4.90 Å². The molecule has 2 rings (SSSR count). The Morgan fingerprint density at radius 1 is 1.38 bits per heavy atom. The Morgan fingerprint density at radius 2 is 2.12 bits per heavy atom. The van der Waals surface area contributed by atoms with Crippen LogP contribution in [0.2, 0.25) is 0 Å². The molecule has 0 aromatic rings. The van der Waals surface area contributed by atoms with Crippen molar-refractivity contribution in [2.24, 2.45) is 0 Å². The van der Waals surface area contributed by atoms with Crippen LogP contribution < -0.4 is 0 Å². The minimum atomic E-state index is -2.78. The molecule has 0 aromatic heterocycles. The number of likely N-dealkylation sites (tertiary alicyclic amines) is 1. The summed E-state index contributed by atoms with van der Waals surface area (Å²) in [7, 11) is 0. The van der Waals surface area contributed by atoms with Gasteiger partial charge < -0.3 is 19.1 Å². The van der Waals surface area contributed by atoms with Gasteiger partial charge in [-0.15, -0.1) is 0 Å². The maximum absolute atomic E-state index is 11.8. The monoisotopic (exact) mass is 237 g/mol. The zero-order chi connectivity index (χ0) is 11.5. The first kappa shape index (κ1) is 11.7. The second-order valence-electron chi connectivity index (χ2n) is 3.70. The molecule has 0 N–H and O–H groups in total. The third kappa shape index (κ3) is 2.66. The zero-order valence-corrected chi connectivity index (χ0v) is 8.60. The third-order valence-corrected chi connectivity index (χ3v) is 2.55. The lowest BCUT2D eigenvalue weighted by Crippen LogP contribution is -2.59. The summed E-state index contributed by atoms with van der Waals surface area (Å²) in [5.74, 6) is -0.214. The van der Waals surface area contributed by atoms with Gasteiger partial charge in [0.2, 0.25) is 0 Å². The van der Waals surface area contributed by atoms with Crippen molar-refractivity contribution in [1.82, 2.24) is 4.90 Å². The second-order valence-corrected chi connectivity index (χ2v) is 3.70. The minimum absolute atomic E-state index is 0.197. The first-order chi connectivity index (χ1) is 7.66. The number of amides is 1. The molecule has 1 unspecified atom stereocenters. The van der Waals surface area contributed by atoms with E-state index >= 15 is 0 Å². The van der Waals surface area contributed by atoms with Crippen LogP contribution in [0.15, 0.2) is 0 Å². The molecule has 0 bridgehead atoms. The molecule has 0 saturated carbocycles. The number of nitrogens with zero attached hydrogens (tertiary/aromatic N) is 1. The van der Waals surface area contributed by atoms with Gasteiger partial charge in [-0.2, -0.15) is 8.78 Å². The lowest BCUT2D eigenvalue weighted by molar-refractivity contribution is -0.205. The van der Waals surface area contributed by atoms with E-state index in [2.05, 4.69) is 4.74 Å². The number of hydrogen-bond donors (Lipinski definition) is 0. The average molecular weight is 237 g/mol. The molecule has 2 saturated heterocycles. The predicted octanol–water partition coefficient (Wildman–Crippen LogP) is -0.148. The van der Waals surface area contributed by atoms with Crippen molar-refractivity contribution >= 4 is 5.91 Å². The molecule has 5 nitrogen and oxygen atoms in total. The highest BCUT2D eigenvalue weighted by atomic mass is 19.3. The number of carbonyl (C=O) groups is 1. The Labute approximate surface area is 91.2 Å². The van der Waals surface area contributed by atoms with Gasteiger partial charge in [-0.25, -0.2) is 0 Å². The van der Waals surface area contributed by atoms with Crippen LogP contribution in [0.25, 0.3) is 0 Å². The molecular weight excluding hydrogens is 224 g/mol. The summed E-state index contributed by atoms with van der Waals surface area (Å²) in [6.45, 7) is -1.28. The maximum Gasteiger partial charge on any atom is 0.345 e. The SMILES string of the molecule is O=C(C1COCCO1)N1CC(OC(F)F)C1. The Bertz CT molecular complexity index is 252. The van der Waals surface area contributed by atoms with E-state index in [1.807, 2.05) is 0 Å². The van der Waals surface area contributed by atoms with Crippen molar-refractivity contribution in [2.45, 2.75) is 18.8 Å². The Morgan fingerprint density at radius 3 is 2.69 bits per heavy atom. The number of hydrogen-bond acceptors (Lipinski definition) is 4. The number of halogens is 2. The van der Waals surface area contributed by atoms with Crippen molar-refractivity contribution in [3.05, 3.63) is 0 Å². The number of rotatable bonds is 3. The van der Waals surface area contributed by atoms with Crippen LogP contribution in [0.3, 0.4) is 0 Å². The Balaban J connectivity index is 1.72. The standard InChI is InChI=1S/C9H13F2NO4/c10-9(11)16-6-3-12(4-6)8(13)7-5-14-1-2-15-7/h6-7,9H,1-5H2. The maximum atomic E-state index is 11.8. The van der Waals surface area contributed by atoms with Crippen LogP contribution in [0.1, 0.15) is 0 Å². The molecule has 2 heterocycles. The van der Waals surface area contributed by atoms with Crippen molar-refractivity contribution in [3.8, 4) is 0 Å². The van der Waals surface area contributed by atoms with Crippen LogP contribution >= 0.6 is 0 Å². The summed E-state index contributed by atoms with van der Waals surface area (Å²) >= 11 is 0. The van der Waals surface area contributed by atoms with Crippen LogP contribution in [0.4, 0.5) is 8.78 Å². The van der Waals surface area contributed by atoms with E-state index in [0.29, 0.717) is 13.2 Å². The normalized spacial score (nSPS) is 26.9. The molecule has 2 aliphatic heterocycles. The van der Waals surface area contributed by atoms with Gasteiger partial charge in [0.15, 0.2) is 6.10 Å². The van der Waals surface area contributed by atoms with Gasteiger partial charge in [0, 0.05) is 13.1 Å². The largest absolute Gasteiger partial charge is 0.376 e. The third-order valence-electron chi connectivity index (χ3n) is 2.55. The first-order valence-electron chi connectivity index (χ1n) is 5.08. The van der Waals surface area contributed by atoms with Gasteiger partial charge in [-0.3, -0.25) is 4.79 Å². The second kappa shape index (κ2) is 5.03. The smallest absolute Gasteiger partial charge is 0.345 e. The molecule has 1 atom stereocenters. The molecule has 0 aromatic carbocycles. The molecule has 16 heavy (non-hydrogen) atoms. The summed E-state index contributed by atoms with van der Waals surface area (Å²) < 4.78 is 38.2. The van der Waals surface area contributed by atoms with Gasteiger partial charge in [0.05, 0.1) is 25.9 Å². The van der Waals surface area contributed by atoms with Crippen molar-refractivity contribution < 1.29 is 27.8 Å². The lowest BCUT2D eigenvalue weighted by Gasteiger charge is -2.40. The molecule has 1 amide bonds. The van der Waals surface area contributed by atoms with Crippen LogP contribution in [0.5, 0.6) is 0 Å². The van der Waals surface area contributed by atoms with E-state index in [4.69, 9.17) is 9.47 Å². The molecule has 0 aliphatic carbocycles. The molecule has 0 radical (unpaired) electrons. The fourth-order valence-electron chi connectivity index (χ4n) is 1.68. The van der Waals surface area contributed by atoms with Crippen molar-refractivity contribution in [2.75, 3.05) is 32.9 Å². The topological polar surface area (TPSA) is 48.0 Å². The summed E-state index contributed by atoms with van der Waals surface area (Å²) in [5, 5.41) is 0. The Kier molecular flexibility index (Phi) is 3.67. The van der Waals surface area contributed by atoms with Gasteiger partial charge in [0.1, 0.15) is 0 Å². The van der Waals surface area contributed by atoms with E-state index in [-0.39, 0.29) is 25.6 Å². The highest BCUT2D eigenvalue weighted by Crippen LogP contribution is 2.17. The highest BCUT2D eigenvalue weighted by molar-refractivity contribution is 5.82. The quantitative estimate of drug-likeness (QED) is 0.685. The molecule has 0 spiro atoms. The molecule has 2 fully saturated rings. The van der Waals surface area contributed by atoms with Crippen molar-refractivity contribution in [1.29, 1.82) is 0 Å². The average Bonchev–Trinajstić information content (AvgIpc) is 2.23. The summed E-state index contributed by atoms with van der Waals surface area (Å²) in [6, 6.07) is 0. The molecular formula is C9H13F2NO4. The summed E-state index contributed by atoms with van der Waals surface area (Å²) in [6.07, 6.45) is -1.16. The van der Waals surface area contributed by atoms with Gasteiger partial charge in [-0.05, 0) is 0 Å². The summed E-state index contributed by atoms with van der Waals surface area (Å²) in [4.78, 5) is 13.1. The van der Waals surface area contributed by atoms with E-state index in [9.17, 15) is 13.6 Å². The minimum Gasteiger partial charge on any atom is -0.376 e. The predicted molar refractivity (Wildman–Crippen MR) is 48.0 cm³/mol. The molecule has 2 aliphatic rings. The van der Waals surface area contributed by atoms with Gasteiger partial charge in [0.25, 0.3) is 5.91 Å². The summed E-state index contributed by atoms with van der Waals surface area (Å²) in [5.41, 5.74) is 0. The van der Waals surface area contributed by atoms with Gasteiger partial charge >= 0.3 is 6.61 Å².